The van der Waals surface area contributed by atoms with E-state index in [1.807, 2.05) is 6.21 Å². The predicted octanol–water partition coefficient (Wildman–Crippen LogP) is 3.58. The number of rotatable bonds is 4. The van der Waals surface area contributed by atoms with E-state index in [4.69, 9.17) is 0 Å². The summed E-state index contributed by atoms with van der Waals surface area (Å²) in [4.78, 5) is 6.62. The van der Waals surface area contributed by atoms with E-state index in [0.29, 0.717) is 0 Å². The minimum absolute atomic E-state index is 0.827. The molecule has 0 atom stereocenters. The molecule has 2 aromatic carbocycles. The van der Waals surface area contributed by atoms with Crippen molar-refractivity contribution in [1.29, 1.82) is 0 Å². The molecular formula is C15H17BrN2. The van der Waals surface area contributed by atoms with Gasteiger partial charge in [-0.15, -0.1) is 0 Å². The zero-order chi connectivity index (χ0) is 13.0. The fraction of sp³-hybridized carbons (Fsp3) is 0.267. The fourth-order valence-corrected chi connectivity index (χ4v) is 2.46. The van der Waals surface area contributed by atoms with Gasteiger partial charge in [0, 0.05) is 28.2 Å². The SMILES string of the molecule is CN(C)CCN=Cc1cccc2cccc(Br)c12. The number of fused-ring (bicyclic) bond motifs is 1. The minimum Gasteiger partial charge on any atom is -0.308 e. The molecule has 18 heavy (non-hydrogen) atoms. The van der Waals surface area contributed by atoms with E-state index in [9.17, 15) is 0 Å². The fourth-order valence-electron chi connectivity index (χ4n) is 1.85. The average molecular weight is 305 g/mol. The lowest BCUT2D eigenvalue weighted by molar-refractivity contribution is 0.421. The Hall–Kier alpha value is -1.19. The van der Waals surface area contributed by atoms with Crippen LogP contribution in [0.2, 0.25) is 0 Å². The zero-order valence-corrected chi connectivity index (χ0v) is 12.3. The van der Waals surface area contributed by atoms with E-state index in [0.717, 1.165) is 17.6 Å². The third-order valence-electron chi connectivity index (χ3n) is 2.79. The Morgan fingerprint density at radius 2 is 1.89 bits per heavy atom. The maximum absolute atomic E-state index is 4.49. The lowest BCUT2D eigenvalue weighted by Crippen LogP contribution is -2.15. The number of hydrogen-bond donors (Lipinski definition) is 0. The van der Waals surface area contributed by atoms with Crippen LogP contribution in [0.3, 0.4) is 0 Å². The highest BCUT2D eigenvalue weighted by molar-refractivity contribution is 9.10. The molecule has 2 rings (SSSR count). The number of halogens is 1. The van der Waals surface area contributed by atoms with Gasteiger partial charge >= 0.3 is 0 Å². The summed E-state index contributed by atoms with van der Waals surface area (Å²) in [6, 6.07) is 12.5. The predicted molar refractivity (Wildman–Crippen MR) is 82.7 cm³/mol. The summed E-state index contributed by atoms with van der Waals surface area (Å²) in [5, 5.41) is 2.47. The van der Waals surface area contributed by atoms with Gasteiger partial charge < -0.3 is 4.90 Å². The number of benzene rings is 2. The molecule has 0 saturated heterocycles. The second-order valence-corrected chi connectivity index (χ2v) is 5.38. The van der Waals surface area contributed by atoms with E-state index in [1.54, 1.807) is 0 Å². The summed E-state index contributed by atoms with van der Waals surface area (Å²) in [5.41, 5.74) is 1.17. The van der Waals surface area contributed by atoms with Crippen LogP contribution in [0.15, 0.2) is 45.9 Å². The van der Waals surface area contributed by atoms with Crippen molar-refractivity contribution in [3.05, 3.63) is 46.4 Å². The van der Waals surface area contributed by atoms with Gasteiger partial charge in [-0.05, 0) is 25.5 Å². The van der Waals surface area contributed by atoms with E-state index >= 15 is 0 Å². The van der Waals surface area contributed by atoms with Crippen molar-refractivity contribution in [2.24, 2.45) is 4.99 Å². The standard InChI is InChI=1S/C15H17BrN2/c1-18(2)10-9-17-11-13-7-3-5-12-6-4-8-14(16)15(12)13/h3-8,11H,9-10H2,1-2H3. The average Bonchev–Trinajstić information content (AvgIpc) is 2.34. The Morgan fingerprint density at radius 3 is 2.61 bits per heavy atom. The van der Waals surface area contributed by atoms with Crippen molar-refractivity contribution in [2.75, 3.05) is 27.2 Å². The molecule has 3 heteroatoms. The highest BCUT2D eigenvalue weighted by Gasteiger charge is 2.01. The molecule has 0 aliphatic rings. The molecule has 0 bridgehead atoms. The Morgan fingerprint density at radius 1 is 1.17 bits per heavy atom. The molecule has 0 amide bonds. The number of likely N-dealkylation sites (N-methyl/N-ethyl adjacent to an activating group) is 1. The lowest BCUT2D eigenvalue weighted by Gasteiger charge is -2.06. The molecular weight excluding hydrogens is 288 g/mol. The van der Waals surface area contributed by atoms with Crippen molar-refractivity contribution >= 4 is 32.9 Å². The van der Waals surface area contributed by atoms with Gasteiger partial charge in [0.25, 0.3) is 0 Å². The zero-order valence-electron chi connectivity index (χ0n) is 10.7. The second-order valence-electron chi connectivity index (χ2n) is 4.52. The van der Waals surface area contributed by atoms with Crippen LogP contribution in [0.5, 0.6) is 0 Å². The summed E-state index contributed by atoms with van der Waals surface area (Å²) in [7, 11) is 4.12. The molecule has 0 aliphatic carbocycles. The molecule has 2 aromatic rings. The first kappa shape index (κ1) is 13.2. The van der Waals surface area contributed by atoms with Crippen molar-refractivity contribution in [3.63, 3.8) is 0 Å². The van der Waals surface area contributed by atoms with Crippen molar-refractivity contribution < 1.29 is 0 Å². The quantitative estimate of drug-likeness (QED) is 0.788. The third kappa shape index (κ3) is 3.18. The maximum atomic E-state index is 4.49. The van der Waals surface area contributed by atoms with Gasteiger partial charge in [0.05, 0.1) is 6.54 Å². The summed E-state index contributed by atoms with van der Waals surface area (Å²) in [5.74, 6) is 0. The van der Waals surface area contributed by atoms with Gasteiger partial charge in [0.2, 0.25) is 0 Å². The van der Waals surface area contributed by atoms with Gasteiger partial charge in [-0.2, -0.15) is 0 Å². The van der Waals surface area contributed by atoms with Gasteiger partial charge in [0.1, 0.15) is 0 Å². The normalized spacial score (nSPS) is 11.8. The van der Waals surface area contributed by atoms with Crippen LogP contribution in [0.4, 0.5) is 0 Å². The number of aliphatic imine (C=N–C) groups is 1. The van der Waals surface area contributed by atoms with Crippen LogP contribution >= 0.6 is 15.9 Å². The molecule has 2 nitrogen and oxygen atoms in total. The highest BCUT2D eigenvalue weighted by atomic mass is 79.9. The third-order valence-corrected chi connectivity index (χ3v) is 3.45. The maximum Gasteiger partial charge on any atom is 0.0516 e. The van der Waals surface area contributed by atoms with Gasteiger partial charge in [-0.25, -0.2) is 0 Å². The van der Waals surface area contributed by atoms with Crippen LogP contribution in [-0.4, -0.2) is 38.3 Å². The van der Waals surface area contributed by atoms with Gasteiger partial charge in [-0.3, -0.25) is 4.99 Å². The summed E-state index contributed by atoms with van der Waals surface area (Å²) >= 11 is 3.61. The van der Waals surface area contributed by atoms with Crippen LogP contribution in [0.1, 0.15) is 5.56 Å². The largest absolute Gasteiger partial charge is 0.308 e. The monoisotopic (exact) mass is 304 g/mol. The Labute approximate surface area is 116 Å². The van der Waals surface area contributed by atoms with Crippen LogP contribution in [0.25, 0.3) is 10.8 Å². The Bertz CT molecular complexity index is 556. The lowest BCUT2D eigenvalue weighted by atomic mass is 10.1. The van der Waals surface area contributed by atoms with Gasteiger partial charge in [0.15, 0.2) is 0 Å². The van der Waals surface area contributed by atoms with Crippen LogP contribution in [0, 0.1) is 0 Å². The molecule has 0 heterocycles. The number of hydrogen-bond acceptors (Lipinski definition) is 2. The van der Waals surface area contributed by atoms with E-state index < -0.39 is 0 Å². The second kappa shape index (κ2) is 6.12. The van der Waals surface area contributed by atoms with E-state index in [1.165, 1.54) is 16.3 Å². The molecule has 0 radical (unpaired) electrons. The molecule has 0 aliphatic heterocycles. The van der Waals surface area contributed by atoms with Crippen molar-refractivity contribution in [2.45, 2.75) is 0 Å². The smallest absolute Gasteiger partial charge is 0.0516 e. The molecule has 0 fully saturated rings. The van der Waals surface area contributed by atoms with Crippen LogP contribution < -0.4 is 0 Å². The Kier molecular flexibility index (Phi) is 4.50. The van der Waals surface area contributed by atoms with Crippen molar-refractivity contribution in [3.8, 4) is 0 Å². The topological polar surface area (TPSA) is 15.6 Å². The summed E-state index contributed by atoms with van der Waals surface area (Å²) in [6.07, 6.45) is 1.97. The molecule has 0 saturated carbocycles. The molecule has 94 valence electrons. The first-order valence-electron chi connectivity index (χ1n) is 6.00. The first-order chi connectivity index (χ1) is 8.68. The minimum atomic E-state index is 0.827. The van der Waals surface area contributed by atoms with E-state index in [2.05, 4.69) is 76.3 Å². The summed E-state index contributed by atoms with van der Waals surface area (Å²) in [6.45, 7) is 1.80. The number of nitrogens with zero attached hydrogens (tertiary/aromatic N) is 2. The Balaban J connectivity index is 2.28. The first-order valence-corrected chi connectivity index (χ1v) is 6.79. The molecule has 0 aromatic heterocycles. The molecule has 0 spiro atoms. The van der Waals surface area contributed by atoms with Crippen LogP contribution in [-0.2, 0) is 0 Å². The summed E-state index contributed by atoms with van der Waals surface area (Å²) < 4.78 is 1.12. The molecule has 0 unspecified atom stereocenters. The van der Waals surface area contributed by atoms with Crippen molar-refractivity contribution in [1.82, 2.24) is 4.90 Å². The molecule has 0 N–H and O–H groups in total. The highest BCUT2D eigenvalue weighted by Crippen LogP contribution is 2.26. The van der Waals surface area contributed by atoms with Gasteiger partial charge in [-0.1, -0.05) is 46.3 Å². The van der Waals surface area contributed by atoms with E-state index in [-0.39, 0.29) is 0 Å².